The lowest BCUT2D eigenvalue weighted by Gasteiger charge is -2.12. The van der Waals surface area contributed by atoms with Gasteiger partial charge in [-0.3, -0.25) is 0 Å². The molecule has 1 aromatic heterocycles. The smallest absolute Gasteiger partial charge is 0.340 e. The fourth-order valence-electron chi connectivity index (χ4n) is 2.58. The van der Waals surface area contributed by atoms with Crippen LogP contribution in [0, 0.1) is 6.92 Å². The summed E-state index contributed by atoms with van der Waals surface area (Å²) in [7, 11) is 5.83. The third kappa shape index (κ3) is 3.03. The highest BCUT2D eigenvalue weighted by Crippen LogP contribution is 2.30. The van der Waals surface area contributed by atoms with Crippen LogP contribution in [0.5, 0.6) is 5.75 Å². The summed E-state index contributed by atoms with van der Waals surface area (Å²) in [6, 6.07) is 3.97. The number of carbonyl (C=O) groups excluding carboxylic acids is 1. The second-order valence-electron chi connectivity index (χ2n) is 5.44. The lowest BCUT2D eigenvalue weighted by molar-refractivity contribution is -0.872. The Balaban J connectivity index is 2.59. The molecule has 0 spiro atoms. The molecule has 5 nitrogen and oxygen atoms in total. The lowest BCUT2D eigenvalue weighted by Crippen LogP contribution is -3.04. The van der Waals surface area contributed by atoms with Crippen molar-refractivity contribution in [3.63, 3.8) is 0 Å². The molecule has 0 amide bonds. The topological polar surface area (TPSA) is 55.8 Å². The minimum Gasteiger partial charge on any atom is -0.496 e. The minimum absolute atomic E-state index is 0.297. The third-order valence-electron chi connectivity index (χ3n) is 3.41. The Bertz CT molecular complexity index is 659. The molecular formula is C16H23N2O3+. The number of H-pyrrole nitrogens is 1. The molecule has 0 aliphatic rings. The van der Waals surface area contributed by atoms with E-state index in [1.54, 1.807) is 14.0 Å². The summed E-state index contributed by atoms with van der Waals surface area (Å²) in [5.74, 6) is 0.502. The first-order valence-corrected chi connectivity index (χ1v) is 7.13. The minimum atomic E-state index is -0.297. The quantitative estimate of drug-likeness (QED) is 0.817. The first-order chi connectivity index (χ1) is 9.97. The van der Waals surface area contributed by atoms with Gasteiger partial charge in [-0.15, -0.1) is 0 Å². The molecule has 0 bridgehead atoms. The average Bonchev–Trinajstić information content (AvgIpc) is 2.72. The first kappa shape index (κ1) is 15.4. The van der Waals surface area contributed by atoms with Crippen molar-refractivity contribution in [3.8, 4) is 5.75 Å². The number of hydrogen-bond acceptors (Lipinski definition) is 3. The number of fused-ring (bicyclic) bond motifs is 1. The molecule has 0 aliphatic heterocycles. The van der Waals surface area contributed by atoms with Crippen molar-refractivity contribution < 1.29 is 19.2 Å². The second kappa shape index (κ2) is 6.18. The van der Waals surface area contributed by atoms with Crippen molar-refractivity contribution >= 4 is 16.9 Å². The molecule has 0 unspecified atom stereocenters. The van der Waals surface area contributed by atoms with Gasteiger partial charge in [-0.05, 0) is 26.0 Å². The van der Waals surface area contributed by atoms with Crippen molar-refractivity contribution in [2.24, 2.45) is 0 Å². The zero-order chi connectivity index (χ0) is 15.6. The number of esters is 1. The van der Waals surface area contributed by atoms with Gasteiger partial charge < -0.3 is 19.4 Å². The number of rotatable bonds is 5. The van der Waals surface area contributed by atoms with Crippen LogP contribution in [0.15, 0.2) is 12.1 Å². The Labute approximate surface area is 124 Å². The SMILES string of the molecule is CCOC(=O)c1c(C)[nH]c2cc(C[NH+](C)C)c(OC)cc12. The van der Waals surface area contributed by atoms with Crippen molar-refractivity contribution in [2.45, 2.75) is 20.4 Å². The van der Waals surface area contributed by atoms with E-state index in [9.17, 15) is 4.79 Å². The largest absolute Gasteiger partial charge is 0.496 e. The van der Waals surface area contributed by atoms with E-state index in [1.165, 1.54) is 4.90 Å². The molecule has 2 rings (SSSR count). The van der Waals surface area contributed by atoms with Crippen LogP contribution in [0.25, 0.3) is 10.9 Å². The van der Waals surface area contributed by atoms with Gasteiger partial charge in [0.1, 0.15) is 12.3 Å². The van der Waals surface area contributed by atoms with Gasteiger partial charge in [0.25, 0.3) is 0 Å². The van der Waals surface area contributed by atoms with E-state index in [0.717, 1.165) is 34.5 Å². The van der Waals surface area contributed by atoms with Crippen LogP contribution in [-0.2, 0) is 11.3 Å². The molecular weight excluding hydrogens is 268 g/mol. The van der Waals surface area contributed by atoms with Gasteiger partial charge >= 0.3 is 5.97 Å². The normalized spacial score (nSPS) is 11.1. The molecule has 2 N–H and O–H groups in total. The van der Waals surface area contributed by atoms with Gasteiger partial charge in [0.2, 0.25) is 0 Å². The number of nitrogens with one attached hydrogen (secondary N) is 2. The van der Waals surface area contributed by atoms with Crippen molar-refractivity contribution in [2.75, 3.05) is 27.8 Å². The highest BCUT2D eigenvalue weighted by atomic mass is 16.5. The van der Waals surface area contributed by atoms with Gasteiger partial charge in [0.15, 0.2) is 0 Å². The Morgan fingerprint density at radius 3 is 2.62 bits per heavy atom. The zero-order valence-electron chi connectivity index (χ0n) is 13.3. The van der Waals surface area contributed by atoms with E-state index in [1.807, 2.05) is 13.0 Å². The van der Waals surface area contributed by atoms with E-state index in [2.05, 4.69) is 25.1 Å². The maximum Gasteiger partial charge on any atom is 0.340 e. The summed E-state index contributed by atoms with van der Waals surface area (Å²) in [4.78, 5) is 16.7. The number of carbonyl (C=O) groups is 1. The van der Waals surface area contributed by atoms with E-state index in [-0.39, 0.29) is 5.97 Å². The second-order valence-corrected chi connectivity index (χ2v) is 5.44. The summed E-state index contributed by atoms with van der Waals surface area (Å²) >= 11 is 0. The number of aryl methyl sites for hydroxylation is 1. The summed E-state index contributed by atoms with van der Waals surface area (Å²) in [6.45, 7) is 4.91. The van der Waals surface area contributed by atoms with Crippen LogP contribution in [0.4, 0.5) is 0 Å². The molecule has 0 fully saturated rings. The molecule has 1 heterocycles. The third-order valence-corrected chi connectivity index (χ3v) is 3.41. The molecule has 0 atom stereocenters. The van der Waals surface area contributed by atoms with Crippen molar-refractivity contribution in [1.82, 2.24) is 4.98 Å². The van der Waals surface area contributed by atoms with Gasteiger partial charge in [-0.2, -0.15) is 0 Å². The molecule has 5 heteroatoms. The first-order valence-electron chi connectivity index (χ1n) is 7.13. The molecule has 0 radical (unpaired) electrons. The van der Waals surface area contributed by atoms with Gasteiger partial charge in [-0.25, -0.2) is 4.79 Å². The Kier molecular flexibility index (Phi) is 4.53. The van der Waals surface area contributed by atoms with Crippen LogP contribution >= 0.6 is 0 Å². The van der Waals surface area contributed by atoms with Crippen LogP contribution in [0.1, 0.15) is 28.5 Å². The molecule has 21 heavy (non-hydrogen) atoms. The van der Waals surface area contributed by atoms with Crippen LogP contribution < -0.4 is 9.64 Å². The number of benzene rings is 1. The molecule has 0 saturated heterocycles. The maximum absolute atomic E-state index is 12.1. The summed E-state index contributed by atoms with van der Waals surface area (Å²) in [6.07, 6.45) is 0. The number of aromatic amines is 1. The molecule has 1 aromatic carbocycles. The van der Waals surface area contributed by atoms with Crippen LogP contribution in [-0.4, -0.2) is 38.8 Å². The fourth-order valence-corrected chi connectivity index (χ4v) is 2.58. The molecule has 0 aliphatic carbocycles. The molecule has 0 saturated carbocycles. The van der Waals surface area contributed by atoms with Gasteiger partial charge in [0, 0.05) is 16.6 Å². The van der Waals surface area contributed by atoms with Gasteiger partial charge in [0.05, 0.1) is 38.9 Å². The summed E-state index contributed by atoms with van der Waals surface area (Å²) in [5.41, 5.74) is 3.46. The predicted octanol–water partition coefficient (Wildman–Crippen LogP) is 1.31. The van der Waals surface area contributed by atoms with Crippen LogP contribution in [0.3, 0.4) is 0 Å². The van der Waals surface area contributed by atoms with Gasteiger partial charge in [-0.1, -0.05) is 0 Å². The highest BCUT2D eigenvalue weighted by molar-refractivity contribution is 6.06. The van der Waals surface area contributed by atoms with Crippen molar-refractivity contribution in [3.05, 3.63) is 29.0 Å². The summed E-state index contributed by atoms with van der Waals surface area (Å²) < 4.78 is 10.6. The number of ether oxygens (including phenoxy) is 2. The monoisotopic (exact) mass is 291 g/mol. The molecule has 2 aromatic rings. The standard InChI is InChI=1S/C16H22N2O3/c1-6-21-16(19)15-10(2)17-13-7-11(9-18(3)4)14(20-5)8-12(13)15/h7-8,17H,6,9H2,1-5H3/p+1. The Morgan fingerprint density at radius 1 is 1.33 bits per heavy atom. The number of quaternary nitrogens is 1. The van der Waals surface area contributed by atoms with Crippen LogP contribution in [0.2, 0.25) is 0 Å². The summed E-state index contributed by atoms with van der Waals surface area (Å²) in [5, 5.41) is 0.848. The lowest BCUT2D eigenvalue weighted by atomic mass is 10.1. The van der Waals surface area contributed by atoms with E-state index in [0.29, 0.717) is 12.2 Å². The van der Waals surface area contributed by atoms with E-state index >= 15 is 0 Å². The predicted molar refractivity (Wildman–Crippen MR) is 82.1 cm³/mol. The average molecular weight is 291 g/mol. The van der Waals surface area contributed by atoms with E-state index in [4.69, 9.17) is 9.47 Å². The number of methoxy groups -OCH3 is 1. The maximum atomic E-state index is 12.1. The Morgan fingerprint density at radius 2 is 2.05 bits per heavy atom. The number of aromatic nitrogens is 1. The van der Waals surface area contributed by atoms with Crippen molar-refractivity contribution in [1.29, 1.82) is 0 Å². The molecule has 114 valence electrons. The zero-order valence-corrected chi connectivity index (χ0v) is 13.3. The van der Waals surface area contributed by atoms with E-state index < -0.39 is 0 Å². The highest BCUT2D eigenvalue weighted by Gasteiger charge is 2.19. The fraction of sp³-hybridized carbons (Fsp3) is 0.438. The number of hydrogen-bond donors (Lipinski definition) is 2. The Hall–Kier alpha value is -2.01.